The van der Waals surface area contributed by atoms with E-state index in [1.54, 1.807) is 18.3 Å². The van der Waals surface area contributed by atoms with E-state index in [9.17, 15) is 4.79 Å². The molecule has 98 valence electrons. The fourth-order valence-corrected chi connectivity index (χ4v) is 1.93. The number of pyridine rings is 1. The molecule has 0 fully saturated rings. The number of halogens is 1. The molecule has 1 aromatic carbocycles. The van der Waals surface area contributed by atoms with Gasteiger partial charge in [-0.05, 0) is 31.5 Å². The van der Waals surface area contributed by atoms with Crippen LogP contribution in [0.5, 0.6) is 0 Å². The molecule has 2 rings (SSSR count). The molecular weight excluding hydrogens is 260 g/mol. The number of carbonyl (C=O) groups is 1. The first kappa shape index (κ1) is 13.6. The maximum absolute atomic E-state index is 12.4. The van der Waals surface area contributed by atoms with E-state index < -0.39 is 5.41 Å². The van der Waals surface area contributed by atoms with Gasteiger partial charge in [-0.1, -0.05) is 41.9 Å². The highest BCUT2D eigenvalue weighted by Crippen LogP contribution is 2.25. The first-order valence-electron chi connectivity index (χ1n) is 5.98. The van der Waals surface area contributed by atoms with Crippen molar-refractivity contribution in [3.8, 4) is 0 Å². The van der Waals surface area contributed by atoms with E-state index in [2.05, 4.69) is 10.3 Å². The Morgan fingerprint density at radius 1 is 1.21 bits per heavy atom. The smallest absolute Gasteiger partial charge is 0.234 e. The van der Waals surface area contributed by atoms with Crippen LogP contribution in [0, 0.1) is 0 Å². The second kappa shape index (κ2) is 5.41. The number of hydrogen-bond donors (Lipinski definition) is 1. The minimum atomic E-state index is -0.614. The summed E-state index contributed by atoms with van der Waals surface area (Å²) in [4.78, 5) is 16.3. The van der Waals surface area contributed by atoms with Gasteiger partial charge in [0.05, 0.1) is 5.41 Å². The largest absolute Gasteiger partial charge is 0.325 e. The molecule has 0 saturated heterocycles. The van der Waals surface area contributed by atoms with E-state index in [1.165, 1.54) is 0 Å². The van der Waals surface area contributed by atoms with Gasteiger partial charge in [-0.25, -0.2) is 4.98 Å². The Hall–Kier alpha value is -1.87. The Morgan fingerprint density at radius 3 is 2.53 bits per heavy atom. The molecule has 19 heavy (non-hydrogen) atoms. The molecule has 0 spiro atoms. The van der Waals surface area contributed by atoms with E-state index in [0.717, 1.165) is 5.56 Å². The van der Waals surface area contributed by atoms with Crippen LogP contribution < -0.4 is 5.32 Å². The van der Waals surface area contributed by atoms with Gasteiger partial charge in [0.25, 0.3) is 0 Å². The molecule has 3 nitrogen and oxygen atoms in total. The maximum atomic E-state index is 12.4. The summed E-state index contributed by atoms with van der Waals surface area (Å²) in [5, 5.41) is 3.21. The number of carbonyl (C=O) groups excluding carboxylic acids is 1. The van der Waals surface area contributed by atoms with Crippen LogP contribution in [0.2, 0.25) is 5.15 Å². The van der Waals surface area contributed by atoms with Crippen molar-refractivity contribution in [3.05, 3.63) is 59.4 Å². The summed E-state index contributed by atoms with van der Waals surface area (Å²) in [6.07, 6.45) is 1.56. The lowest BCUT2D eigenvalue weighted by atomic mass is 9.83. The number of nitrogens with zero attached hydrogens (tertiary/aromatic N) is 1. The molecule has 0 aliphatic heterocycles. The number of aromatic nitrogens is 1. The summed E-state index contributed by atoms with van der Waals surface area (Å²) < 4.78 is 0. The van der Waals surface area contributed by atoms with Crippen molar-refractivity contribution in [2.45, 2.75) is 19.3 Å². The maximum Gasteiger partial charge on any atom is 0.234 e. The topological polar surface area (TPSA) is 42.0 Å². The molecule has 0 radical (unpaired) electrons. The quantitative estimate of drug-likeness (QED) is 0.868. The zero-order valence-corrected chi connectivity index (χ0v) is 11.6. The molecule has 0 bridgehead atoms. The van der Waals surface area contributed by atoms with Gasteiger partial charge >= 0.3 is 0 Å². The Balaban J connectivity index is 2.20. The molecule has 4 heteroatoms. The predicted octanol–water partition coefficient (Wildman–Crippen LogP) is 3.65. The van der Waals surface area contributed by atoms with Gasteiger partial charge in [-0.2, -0.15) is 0 Å². The third-order valence-corrected chi connectivity index (χ3v) is 3.25. The highest BCUT2D eigenvalue weighted by atomic mass is 35.5. The SMILES string of the molecule is CC(C)(C(=O)Nc1ccnc(Cl)c1)c1ccccc1. The minimum Gasteiger partial charge on any atom is -0.325 e. The zero-order chi connectivity index (χ0) is 13.9. The highest BCUT2D eigenvalue weighted by molar-refractivity contribution is 6.29. The lowest BCUT2D eigenvalue weighted by molar-refractivity contribution is -0.120. The number of rotatable bonds is 3. The van der Waals surface area contributed by atoms with Crippen LogP contribution in [0.1, 0.15) is 19.4 Å². The molecule has 1 N–H and O–H groups in total. The summed E-state index contributed by atoms with van der Waals surface area (Å²) >= 11 is 5.80. The van der Waals surface area contributed by atoms with E-state index in [4.69, 9.17) is 11.6 Å². The molecule has 0 aliphatic carbocycles. The summed E-state index contributed by atoms with van der Waals surface area (Å²) in [5.74, 6) is -0.0824. The molecular formula is C15H15ClN2O. The van der Waals surface area contributed by atoms with Crippen LogP contribution in [0.3, 0.4) is 0 Å². The van der Waals surface area contributed by atoms with E-state index >= 15 is 0 Å². The van der Waals surface area contributed by atoms with Crippen LogP contribution in [-0.2, 0) is 10.2 Å². The third-order valence-electron chi connectivity index (χ3n) is 3.05. The Kier molecular flexibility index (Phi) is 3.86. The van der Waals surface area contributed by atoms with Crippen LogP contribution in [0.25, 0.3) is 0 Å². The number of hydrogen-bond acceptors (Lipinski definition) is 2. The van der Waals surface area contributed by atoms with Gasteiger partial charge in [-0.3, -0.25) is 4.79 Å². The molecule has 0 saturated carbocycles. The van der Waals surface area contributed by atoms with Gasteiger partial charge < -0.3 is 5.32 Å². The average molecular weight is 275 g/mol. The predicted molar refractivity (Wildman–Crippen MR) is 77.3 cm³/mol. The molecule has 0 unspecified atom stereocenters. The second-order valence-electron chi connectivity index (χ2n) is 4.81. The second-order valence-corrected chi connectivity index (χ2v) is 5.20. The summed E-state index contributed by atoms with van der Waals surface area (Å²) in [6, 6.07) is 13.0. The fourth-order valence-electron chi connectivity index (χ4n) is 1.75. The van der Waals surface area contributed by atoms with Gasteiger partial charge in [-0.15, -0.1) is 0 Å². The Labute approximate surface area is 117 Å². The third kappa shape index (κ3) is 3.12. The molecule has 1 heterocycles. The monoisotopic (exact) mass is 274 g/mol. The van der Waals surface area contributed by atoms with Gasteiger partial charge in [0.15, 0.2) is 0 Å². The summed E-state index contributed by atoms with van der Waals surface area (Å²) in [7, 11) is 0. The number of anilines is 1. The minimum absolute atomic E-state index is 0.0824. The highest BCUT2D eigenvalue weighted by Gasteiger charge is 2.29. The van der Waals surface area contributed by atoms with Crippen molar-refractivity contribution in [1.29, 1.82) is 0 Å². The number of amides is 1. The fraction of sp³-hybridized carbons (Fsp3) is 0.200. The summed E-state index contributed by atoms with van der Waals surface area (Å²) in [5.41, 5.74) is 0.999. The lowest BCUT2D eigenvalue weighted by Gasteiger charge is -2.24. The Morgan fingerprint density at radius 2 is 1.89 bits per heavy atom. The van der Waals surface area contributed by atoms with Crippen LogP contribution in [0.4, 0.5) is 5.69 Å². The molecule has 1 aromatic heterocycles. The van der Waals surface area contributed by atoms with E-state index in [0.29, 0.717) is 10.8 Å². The average Bonchev–Trinajstić information content (AvgIpc) is 2.39. The van der Waals surface area contributed by atoms with Crippen LogP contribution >= 0.6 is 11.6 Å². The van der Waals surface area contributed by atoms with Gasteiger partial charge in [0.2, 0.25) is 5.91 Å². The zero-order valence-electron chi connectivity index (χ0n) is 10.9. The standard InChI is InChI=1S/C15H15ClN2O/c1-15(2,11-6-4-3-5-7-11)14(19)18-12-8-9-17-13(16)10-12/h3-10H,1-2H3,(H,17,18,19). The summed E-state index contributed by atoms with van der Waals surface area (Å²) in [6.45, 7) is 3.78. The van der Waals surface area contributed by atoms with Gasteiger partial charge in [0, 0.05) is 11.9 Å². The van der Waals surface area contributed by atoms with Gasteiger partial charge in [0.1, 0.15) is 5.15 Å². The van der Waals surface area contributed by atoms with Crippen molar-refractivity contribution in [1.82, 2.24) is 4.98 Å². The van der Waals surface area contributed by atoms with Crippen molar-refractivity contribution in [2.75, 3.05) is 5.32 Å². The normalized spacial score (nSPS) is 11.1. The van der Waals surface area contributed by atoms with E-state index in [-0.39, 0.29) is 5.91 Å². The first-order chi connectivity index (χ1) is 9.00. The van der Waals surface area contributed by atoms with Crippen molar-refractivity contribution < 1.29 is 4.79 Å². The van der Waals surface area contributed by atoms with Crippen LogP contribution in [-0.4, -0.2) is 10.9 Å². The van der Waals surface area contributed by atoms with E-state index in [1.807, 2.05) is 44.2 Å². The first-order valence-corrected chi connectivity index (χ1v) is 6.36. The number of nitrogens with one attached hydrogen (secondary N) is 1. The van der Waals surface area contributed by atoms with Crippen molar-refractivity contribution in [3.63, 3.8) is 0 Å². The Bertz CT molecular complexity index is 582. The van der Waals surface area contributed by atoms with Crippen molar-refractivity contribution in [2.24, 2.45) is 0 Å². The molecule has 2 aromatic rings. The molecule has 1 amide bonds. The van der Waals surface area contributed by atoms with Crippen molar-refractivity contribution >= 4 is 23.2 Å². The molecule has 0 atom stereocenters. The molecule has 0 aliphatic rings. The number of benzene rings is 1. The van der Waals surface area contributed by atoms with Crippen LogP contribution in [0.15, 0.2) is 48.7 Å². The lowest BCUT2D eigenvalue weighted by Crippen LogP contribution is -2.34.